The van der Waals surface area contributed by atoms with Crippen LogP contribution in [0, 0.1) is 0 Å². The smallest absolute Gasteiger partial charge is 0.234 e. The van der Waals surface area contributed by atoms with Crippen LogP contribution in [-0.2, 0) is 9.84 Å². The molecule has 78 valence electrons. The van der Waals surface area contributed by atoms with Crippen molar-refractivity contribution in [1.82, 2.24) is 4.90 Å². The Labute approximate surface area is 83.2 Å². The molecule has 0 aromatic carbocycles. The lowest BCUT2D eigenvalue weighted by Crippen LogP contribution is -2.21. The number of sulfone groups is 1. The summed E-state index contributed by atoms with van der Waals surface area (Å²) in [5.41, 5.74) is 5.83. The molecule has 0 radical (unpaired) electrons. The predicted molar refractivity (Wildman–Crippen MR) is 54.3 cm³/mol. The van der Waals surface area contributed by atoms with E-state index in [4.69, 9.17) is 5.73 Å². The Balaban J connectivity index is 2.07. The first-order valence-electron chi connectivity index (χ1n) is 4.60. The number of nitrogens with zero attached hydrogens (tertiary/aromatic N) is 2. The van der Waals surface area contributed by atoms with Crippen LogP contribution >= 0.6 is 0 Å². The maximum absolute atomic E-state index is 11.2. The molecule has 6 heteroatoms. The Morgan fingerprint density at radius 3 is 2.57 bits per heavy atom. The second-order valence-corrected chi connectivity index (χ2v) is 5.33. The molecule has 2 heterocycles. The minimum absolute atomic E-state index is 0.272. The standard InChI is InChI=1S/C8H13N3O2S/c9-8-10-7(6-14(8,12)13)5-11-3-1-2-4-11/h6H,1-5H2,(H2,9,10). The minimum atomic E-state index is -3.38. The van der Waals surface area contributed by atoms with E-state index in [0.29, 0.717) is 12.2 Å². The highest BCUT2D eigenvalue weighted by Crippen LogP contribution is 2.16. The normalized spacial score (nSPS) is 26.3. The van der Waals surface area contributed by atoms with Gasteiger partial charge in [-0.15, -0.1) is 0 Å². The van der Waals surface area contributed by atoms with Crippen molar-refractivity contribution < 1.29 is 8.42 Å². The van der Waals surface area contributed by atoms with Crippen LogP contribution in [0.15, 0.2) is 16.1 Å². The monoisotopic (exact) mass is 215 g/mol. The zero-order valence-electron chi connectivity index (χ0n) is 7.81. The minimum Gasteiger partial charge on any atom is -0.374 e. The third-order valence-corrected chi connectivity index (χ3v) is 3.68. The van der Waals surface area contributed by atoms with E-state index >= 15 is 0 Å². The third kappa shape index (κ3) is 1.80. The van der Waals surface area contributed by atoms with E-state index in [1.54, 1.807) is 0 Å². The molecule has 0 spiro atoms. The van der Waals surface area contributed by atoms with Gasteiger partial charge in [0.2, 0.25) is 15.0 Å². The quantitative estimate of drug-likeness (QED) is 0.684. The zero-order chi connectivity index (χ0) is 10.2. The van der Waals surface area contributed by atoms with Crippen LogP contribution in [-0.4, -0.2) is 38.1 Å². The fourth-order valence-electron chi connectivity index (χ4n) is 1.71. The SMILES string of the molecule is NC1=NC(CN2CCCC2)=CS1(=O)=O. The van der Waals surface area contributed by atoms with Crippen molar-refractivity contribution in [3.05, 3.63) is 11.1 Å². The van der Waals surface area contributed by atoms with Crippen molar-refractivity contribution in [2.24, 2.45) is 10.7 Å². The Morgan fingerprint density at radius 2 is 2.07 bits per heavy atom. The molecule has 1 fully saturated rings. The topological polar surface area (TPSA) is 75.8 Å². The zero-order valence-corrected chi connectivity index (χ0v) is 8.63. The average Bonchev–Trinajstić information content (AvgIpc) is 2.62. The Morgan fingerprint density at radius 1 is 1.43 bits per heavy atom. The van der Waals surface area contributed by atoms with Gasteiger partial charge in [-0.1, -0.05) is 0 Å². The van der Waals surface area contributed by atoms with Gasteiger partial charge in [-0.25, -0.2) is 13.4 Å². The van der Waals surface area contributed by atoms with E-state index in [-0.39, 0.29) is 5.17 Å². The number of nitrogens with two attached hydrogens (primary N) is 1. The fraction of sp³-hybridized carbons (Fsp3) is 0.625. The molecule has 14 heavy (non-hydrogen) atoms. The van der Waals surface area contributed by atoms with Crippen LogP contribution in [0.2, 0.25) is 0 Å². The van der Waals surface area contributed by atoms with Gasteiger partial charge in [-0.2, -0.15) is 0 Å². The molecule has 0 atom stereocenters. The molecule has 0 saturated carbocycles. The van der Waals surface area contributed by atoms with Crippen LogP contribution in [0.25, 0.3) is 0 Å². The van der Waals surface area contributed by atoms with Crippen LogP contribution in [0.4, 0.5) is 0 Å². The van der Waals surface area contributed by atoms with Gasteiger partial charge in [0.15, 0.2) is 0 Å². The summed E-state index contributed by atoms with van der Waals surface area (Å²) in [6.45, 7) is 2.64. The molecule has 0 unspecified atom stereocenters. The number of hydrogen-bond donors (Lipinski definition) is 1. The lowest BCUT2D eigenvalue weighted by Gasteiger charge is -2.12. The lowest BCUT2D eigenvalue weighted by atomic mass is 10.4. The largest absolute Gasteiger partial charge is 0.374 e. The summed E-state index contributed by atoms with van der Waals surface area (Å²) >= 11 is 0. The lowest BCUT2D eigenvalue weighted by molar-refractivity contribution is 0.368. The Hall–Kier alpha value is -0.880. The van der Waals surface area contributed by atoms with Crippen LogP contribution < -0.4 is 5.73 Å². The van der Waals surface area contributed by atoms with Crippen molar-refractivity contribution in [1.29, 1.82) is 0 Å². The van der Waals surface area contributed by atoms with Crippen LogP contribution in [0.1, 0.15) is 12.8 Å². The first-order valence-corrected chi connectivity index (χ1v) is 6.15. The highest BCUT2D eigenvalue weighted by Gasteiger charge is 2.23. The highest BCUT2D eigenvalue weighted by molar-refractivity contribution is 8.09. The van der Waals surface area contributed by atoms with Crippen LogP contribution in [0.5, 0.6) is 0 Å². The van der Waals surface area contributed by atoms with Gasteiger partial charge in [0.1, 0.15) is 0 Å². The summed E-state index contributed by atoms with van der Waals surface area (Å²) in [5, 5.41) is 0.896. The van der Waals surface area contributed by atoms with E-state index in [2.05, 4.69) is 9.89 Å². The van der Waals surface area contributed by atoms with E-state index in [1.807, 2.05) is 0 Å². The van der Waals surface area contributed by atoms with E-state index in [9.17, 15) is 8.42 Å². The van der Waals surface area contributed by atoms with E-state index in [0.717, 1.165) is 13.1 Å². The summed E-state index contributed by atoms with van der Waals surface area (Å²) in [6, 6.07) is 0. The molecule has 0 aliphatic carbocycles. The van der Waals surface area contributed by atoms with Gasteiger partial charge in [0.25, 0.3) is 0 Å². The molecule has 2 N–H and O–H groups in total. The van der Waals surface area contributed by atoms with Gasteiger partial charge >= 0.3 is 0 Å². The van der Waals surface area contributed by atoms with Crippen molar-refractivity contribution >= 4 is 15.0 Å². The molecule has 0 bridgehead atoms. The Kier molecular flexibility index (Phi) is 2.32. The number of amidine groups is 1. The summed E-state index contributed by atoms with van der Waals surface area (Å²) in [6.07, 6.45) is 2.36. The summed E-state index contributed by atoms with van der Waals surface area (Å²) in [4.78, 5) is 6.01. The van der Waals surface area contributed by atoms with Crippen molar-refractivity contribution in [2.75, 3.05) is 19.6 Å². The van der Waals surface area contributed by atoms with E-state index < -0.39 is 9.84 Å². The molecule has 5 nitrogen and oxygen atoms in total. The summed E-state index contributed by atoms with van der Waals surface area (Å²) in [7, 11) is -3.38. The first-order chi connectivity index (χ1) is 6.58. The third-order valence-electron chi connectivity index (χ3n) is 2.42. The number of aliphatic imine (C=N–C) groups is 1. The molecule has 2 aliphatic rings. The molecule has 0 amide bonds. The number of rotatable bonds is 2. The molecule has 0 aromatic heterocycles. The van der Waals surface area contributed by atoms with Crippen molar-refractivity contribution in [3.63, 3.8) is 0 Å². The second-order valence-electron chi connectivity index (χ2n) is 3.59. The Bertz CT molecular complexity index is 391. The number of hydrogen-bond acceptors (Lipinski definition) is 5. The fourth-order valence-corrected chi connectivity index (χ4v) is 2.56. The highest BCUT2D eigenvalue weighted by atomic mass is 32.2. The predicted octanol–water partition coefficient (Wildman–Crippen LogP) is -0.333. The second kappa shape index (κ2) is 3.36. The molecule has 2 rings (SSSR count). The van der Waals surface area contributed by atoms with Crippen LogP contribution in [0.3, 0.4) is 0 Å². The average molecular weight is 215 g/mol. The summed E-state index contributed by atoms with van der Waals surface area (Å²) < 4.78 is 22.4. The van der Waals surface area contributed by atoms with Gasteiger partial charge < -0.3 is 5.73 Å². The first kappa shape index (κ1) is 9.67. The van der Waals surface area contributed by atoms with Gasteiger partial charge in [-0.3, -0.25) is 4.90 Å². The maximum Gasteiger partial charge on any atom is 0.234 e. The van der Waals surface area contributed by atoms with Gasteiger partial charge in [0, 0.05) is 6.54 Å². The molecular weight excluding hydrogens is 202 g/mol. The molecular formula is C8H13N3O2S. The van der Waals surface area contributed by atoms with Gasteiger partial charge in [0.05, 0.1) is 11.1 Å². The summed E-state index contributed by atoms with van der Waals surface area (Å²) in [5.74, 6) is 0. The van der Waals surface area contributed by atoms with Gasteiger partial charge in [-0.05, 0) is 25.9 Å². The molecule has 0 aromatic rings. The van der Waals surface area contributed by atoms with E-state index in [1.165, 1.54) is 18.2 Å². The number of likely N-dealkylation sites (tertiary alicyclic amines) is 1. The van der Waals surface area contributed by atoms with Crippen molar-refractivity contribution in [2.45, 2.75) is 12.8 Å². The maximum atomic E-state index is 11.2. The van der Waals surface area contributed by atoms with Crippen molar-refractivity contribution in [3.8, 4) is 0 Å². The molecule has 2 aliphatic heterocycles. The molecule has 1 saturated heterocycles.